The molecule has 0 aliphatic rings. The van der Waals surface area contributed by atoms with Gasteiger partial charge in [-0.15, -0.1) is 0 Å². The highest BCUT2D eigenvalue weighted by Gasteiger charge is 1.96. The number of aromatic hydroxyl groups is 1. The number of hydrogen-bond acceptors (Lipinski definition) is 1. The molecular weight excluding hydrogens is 148 g/mol. The van der Waals surface area contributed by atoms with Crippen LogP contribution in [0.5, 0.6) is 5.75 Å². The SMILES string of the molecule is [CH2]C=CCCc1ccccc1O. The summed E-state index contributed by atoms with van der Waals surface area (Å²) in [4.78, 5) is 0. The van der Waals surface area contributed by atoms with E-state index in [0.717, 1.165) is 18.4 Å². The third-order valence-corrected chi connectivity index (χ3v) is 1.74. The van der Waals surface area contributed by atoms with E-state index < -0.39 is 0 Å². The van der Waals surface area contributed by atoms with Crippen LogP contribution in [0, 0.1) is 6.92 Å². The highest BCUT2D eigenvalue weighted by Crippen LogP contribution is 2.17. The molecule has 0 bridgehead atoms. The Balaban J connectivity index is 2.57. The average Bonchev–Trinajstić information content (AvgIpc) is 2.09. The smallest absolute Gasteiger partial charge is 0.118 e. The number of aryl methyl sites for hydroxylation is 1. The summed E-state index contributed by atoms with van der Waals surface area (Å²) in [5, 5.41) is 9.37. The van der Waals surface area contributed by atoms with Crippen molar-refractivity contribution in [3.63, 3.8) is 0 Å². The number of allylic oxidation sites excluding steroid dienone is 2. The fourth-order valence-electron chi connectivity index (χ4n) is 1.08. The minimum Gasteiger partial charge on any atom is -0.508 e. The Morgan fingerprint density at radius 2 is 2.08 bits per heavy atom. The van der Waals surface area contributed by atoms with Crippen molar-refractivity contribution in [2.75, 3.05) is 0 Å². The molecule has 1 N–H and O–H groups in total. The molecule has 1 aromatic carbocycles. The summed E-state index contributed by atoms with van der Waals surface area (Å²) < 4.78 is 0. The van der Waals surface area contributed by atoms with Gasteiger partial charge >= 0.3 is 0 Å². The van der Waals surface area contributed by atoms with Crippen LogP contribution >= 0.6 is 0 Å². The van der Waals surface area contributed by atoms with Crippen LogP contribution in [-0.2, 0) is 6.42 Å². The largest absolute Gasteiger partial charge is 0.508 e. The maximum absolute atomic E-state index is 9.37. The van der Waals surface area contributed by atoms with Crippen molar-refractivity contribution >= 4 is 0 Å². The molecular formula is C11H13O. The van der Waals surface area contributed by atoms with Gasteiger partial charge in [0.2, 0.25) is 0 Å². The first-order chi connectivity index (χ1) is 5.84. The molecule has 0 amide bonds. The highest BCUT2D eigenvalue weighted by molar-refractivity contribution is 5.31. The summed E-state index contributed by atoms with van der Waals surface area (Å²) in [6.07, 6.45) is 5.58. The van der Waals surface area contributed by atoms with Gasteiger partial charge in [-0.25, -0.2) is 0 Å². The van der Waals surface area contributed by atoms with E-state index in [1.54, 1.807) is 12.1 Å². The van der Waals surface area contributed by atoms with E-state index in [-0.39, 0.29) is 0 Å². The van der Waals surface area contributed by atoms with E-state index in [1.165, 1.54) is 0 Å². The van der Waals surface area contributed by atoms with Gasteiger partial charge in [-0.05, 0) is 31.4 Å². The molecule has 0 spiro atoms. The lowest BCUT2D eigenvalue weighted by molar-refractivity contribution is 0.468. The first-order valence-electron chi connectivity index (χ1n) is 4.05. The van der Waals surface area contributed by atoms with Gasteiger partial charge in [0, 0.05) is 0 Å². The van der Waals surface area contributed by atoms with Gasteiger partial charge in [-0.1, -0.05) is 30.4 Å². The first-order valence-corrected chi connectivity index (χ1v) is 4.05. The van der Waals surface area contributed by atoms with Gasteiger partial charge in [0.05, 0.1) is 0 Å². The maximum Gasteiger partial charge on any atom is 0.118 e. The lowest BCUT2D eigenvalue weighted by Gasteiger charge is -2.00. The van der Waals surface area contributed by atoms with Crippen LogP contribution in [0.4, 0.5) is 0 Å². The third kappa shape index (κ3) is 2.42. The van der Waals surface area contributed by atoms with Crippen molar-refractivity contribution in [2.24, 2.45) is 0 Å². The molecule has 63 valence electrons. The Morgan fingerprint density at radius 3 is 2.75 bits per heavy atom. The Morgan fingerprint density at radius 1 is 1.33 bits per heavy atom. The molecule has 1 aromatic rings. The predicted molar refractivity (Wildman–Crippen MR) is 50.9 cm³/mol. The van der Waals surface area contributed by atoms with E-state index in [2.05, 4.69) is 6.92 Å². The van der Waals surface area contributed by atoms with Crippen molar-refractivity contribution in [3.8, 4) is 5.75 Å². The van der Waals surface area contributed by atoms with Crippen LogP contribution in [0.3, 0.4) is 0 Å². The highest BCUT2D eigenvalue weighted by atomic mass is 16.3. The van der Waals surface area contributed by atoms with Crippen LogP contribution in [-0.4, -0.2) is 5.11 Å². The summed E-state index contributed by atoms with van der Waals surface area (Å²) in [6.45, 7) is 3.60. The molecule has 0 unspecified atom stereocenters. The zero-order chi connectivity index (χ0) is 8.81. The number of phenols is 1. The van der Waals surface area contributed by atoms with Crippen molar-refractivity contribution in [3.05, 3.63) is 48.9 Å². The summed E-state index contributed by atoms with van der Waals surface area (Å²) >= 11 is 0. The monoisotopic (exact) mass is 161 g/mol. The van der Waals surface area contributed by atoms with Gasteiger partial charge in [0.25, 0.3) is 0 Å². The van der Waals surface area contributed by atoms with Gasteiger partial charge in [-0.3, -0.25) is 0 Å². The Hall–Kier alpha value is -1.24. The summed E-state index contributed by atoms with van der Waals surface area (Å²) in [5.41, 5.74) is 0.996. The molecule has 0 saturated heterocycles. The lowest BCUT2D eigenvalue weighted by atomic mass is 10.1. The van der Waals surface area contributed by atoms with Gasteiger partial charge in [0.1, 0.15) is 5.75 Å². The molecule has 1 nitrogen and oxygen atoms in total. The average molecular weight is 161 g/mol. The zero-order valence-electron chi connectivity index (χ0n) is 7.03. The molecule has 0 atom stereocenters. The Kier molecular flexibility index (Phi) is 3.39. The minimum atomic E-state index is 0.384. The summed E-state index contributed by atoms with van der Waals surface area (Å²) in [5.74, 6) is 0.384. The summed E-state index contributed by atoms with van der Waals surface area (Å²) in [6, 6.07) is 7.41. The van der Waals surface area contributed by atoms with Gasteiger partial charge < -0.3 is 5.11 Å². The molecule has 1 radical (unpaired) electrons. The minimum absolute atomic E-state index is 0.384. The zero-order valence-corrected chi connectivity index (χ0v) is 7.03. The van der Waals surface area contributed by atoms with Crippen LogP contribution in [0.25, 0.3) is 0 Å². The lowest BCUT2D eigenvalue weighted by Crippen LogP contribution is -1.83. The molecule has 1 heteroatoms. The quantitative estimate of drug-likeness (QED) is 0.722. The Bertz CT molecular complexity index is 263. The second kappa shape index (κ2) is 4.60. The van der Waals surface area contributed by atoms with Crippen LogP contribution in [0.1, 0.15) is 12.0 Å². The van der Waals surface area contributed by atoms with Crippen LogP contribution < -0.4 is 0 Å². The van der Waals surface area contributed by atoms with E-state index >= 15 is 0 Å². The number of para-hydroxylation sites is 1. The standard InChI is InChI=1S/C11H13O/c1-2-3-4-7-10-8-5-6-9-11(10)12/h2-3,5-6,8-9,12H,1,4,7H2. The number of benzene rings is 1. The second-order valence-corrected chi connectivity index (χ2v) is 2.64. The Labute approximate surface area is 73.4 Å². The van der Waals surface area contributed by atoms with Crippen molar-refractivity contribution in [1.82, 2.24) is 0 Å². The fourth-order valence-corrected chi connectivity index (χ4v) is 1.08. The number of rotatable bonds is 3. The van der Waals surface area contributed by atoms with E-state index in [1.807, 2.05) is 24.3 Å². The molecule has 1 rings (SSSR count). The molecule has 0 saturated carbocycles. The van der Waals surface area contributed by atoms with Gasteiger partial charge in [0.15, 0.2) is 0 Å². The number of phenolic OH excluding ortho intramolecular Hbond substituents is 1. The van der Waals surface area contributed by atoms with E-state index in [4.69, 9.17) is 0 Å². The van der Waals surface area contributed by atoms with Crippen LogP contribution in [0.2, 0.25) is 0 Å². The van der Waals surface area contributed by atoms with Crippen LogP contribution in [0.15, 0.2) is 36.4 Å². The van der Waals surface area contributed by atoms with Crippen molar-refractivity contribution in [2.45, 2.75) is 12.8 Å². The second-order valence-electron chi connectivity index (χ2n) is 2.64. The maximum atomic E-state index is 9.37. The molecule has 0 aromatic heterocycles. The molecule has 0 aliphatic carbocycles. The molecule has 0 heterocycles. The number of hydrogen-bond donors (Lipinski definition) is 1. The molecule has 12 heavy (non-hydrogen) atoms. The van der Waals surface area contributed by atoms with Gasteiger partial charge in [-0.2, -0.15) is 0 Å². The van der Waals surface area contributed by atoms with E-state index in [9.17, 15) is 5.11 Å². The first kappa shape index (κ1) is 8.85. The third-order valence-electron chi connectivity index (χ3n) is 1.74. The van der Waals surface area contributed by atoms with Crippen molar-refractivity contribution in [1.29, 1.82) is 0 Å². The molecule has 0 fully saturated rings. The topological polar surface area (TPSA) is 20.2 Å². The van der Waals surface area contributed by atoms with Crippen molar-refractivity contribution < 1.29 is 5.11 Å². The fraction of sp³-hybridized carbons (Fsp3) is 0.182. The normalized spacial score (nSPS) is 10.8. The summed E-state index contributed by atoms with van der Waals surface area (Å²) in [7, 11) is 0. The predicted octanol–water partition coefficient (Wildman–Crippen LogP) is 2.72. The molecule has 0 aliphatic heterocycles. The van der Waals surface area contributed by atoms with E-state index in [0.29, 0.717) is 5.75 Å².